The number of carbonyl (C=O) groups is 1. The fraction of sp³-hybridized carbons (Fsp3) is 0.455. The van der Waals surface area contributed by atoms with Crippen molar-refractivity contribution in [1.29, 1.82) is 0 Å². The van der Waals surface area contributed by atoms with Gasteiger partial charge in [0.05, 0.1) is 11.2 Å². The van der Waals surface area contributed by atoms with Crippen molar-refractivity contribution in [2.75, 3.05) is 6.54 Å². The first-order chi connectivity index (χ1) is 7.61. The quantitative estimate of drug-likeness (QED) is 0.749. The first kappa shape index (κ1) is 11.0. The number of pyridine rings is 1. The van der Waals surface area contributed by atoms with E-state index in [1.165, 1.54) is 18.3 Å². The number of rotatable bonds is 3. The Morgan fingerprint density at radius 3 is 2.94 bits per heavy atom. The van der Waals surface area contributed by atoms with Gasteiger partial charge in [0.15, 0.2) is 0 Å². The molecular formula is C11H13FN2O2. The van der Waals surface area contributed by atoms with Crippen LogP contribution in [-0.2, 0) is 0 Å². The van der Waals surface area contributed by atoms with Crippen molar-refractivity contribution in [1.82, 2.24) is 10.3 Å². The van der Waals surface area contributed by atoms with E-state index in [1.807, 2.05) is 0 Å². The largest absolute Gasteiger partial charge is 0.388 e. The second-order valence-electron chi connectivity index (χ2n) is 4.10. The van der Waals surface area contributed by atoms with E-state index in [9.17, 15) is 14.3 Å². The van der Waals surface area contributed by atoms with E-state index in [2.05, 4.69) is 10.3 Å². The average molecular weight is 224 g/mol. The van der Waals surface area contributed by atoms with E-state index in [1.54, 1.807) is 0 Å². The van der Waals surface area contributed by atoms with Gasteiger partial charge in [-0.3, -0.25) is 4.79 Å². The summed E-state index contributed by atoms with van der Waals surface area (Å²) in [7, 11) is 0. The van der Waals surface area contributed by atoms with Crippen LogP contribution < -0.4 is 5.32 Å². The topological polar surface area (TPSA) is 62.2 Å². The highest BCUT2D eigenvalue weighted by molar-refractivity contribution is 5.94. The van der Waals surface area contributed by atoms with Gasteiger partial charge >= 0.3 is 0 Å². The van der Waals surface area contributed by atoms with E-state index < -0.39 is 17.5 Å². The van der Waals surface area contributed by atoms with Crippen LogP contribution in [0.5, 0.6) is 0 Å². The van der Waals surface area contributed by atoms with Gasteiger partial charge in [0.25, 0.3) is 5.91 Å². The minimum atomic E-state index is -0.797. The number of hydrogen-bond acceptors (Lipinski definition) is 3. The minimum absolute atomic E-state index is 0.0922. The summed E-state index contributed by atoms with van der Waals surface area (Å²) in [5.41, 5.74) is -0.889. The fourth-order valence-electron chi connectivity index (χ4n) is 1.66. The van der Waals surface area contributed by atoms with Gasteiger partial charge in [-0.15, -0.1) is 0 Å². The van der Waals surface area contributed by atoms with Crippen LogP contribution in [0, 0.1) is 5.95 Å². The molecule has 1 heterocycles. The van der Waals surface area contributed by atoms with E-state index in [0.717, 1.165) is 6.42 Å². The van der Waals surface area contributed by atoms with Crippen LogP contribution in [0.4, 0.5) is 4.39 Å². The molecule has 0 bridgehead atoms. The summed E-state index contributed by atoms with van der Waals surface area (Å²) in [6.45, 7) is 0.167. The van der Waals surface area contributed by atoms with E-state index >= 15 is 0 Å². The average Bonchev–Trinajstić information content (AvgIpc) is 2.24. The number of halogens is 1. The monoisotopic (exact) mass is 224 g/mol. The highest BCUT2D eigenvalue weighted by atomic mass is 19.1. The Labute approximate surface area is 92.5 Å². The summed E-state index contributed by atoms with van der Waals surface area (Å²) in [5, 5.41) is 12.3. The Kier molecular flexibility index (Phi) is 2.87. The molecule has 1 aliphatic rings. The molecule has 0 unspecified atom stereocenters. The first-order valence-electron chi connectivity index (χ1n) is 5.22. The molecule has 1 fully saturated rings. The summed E-state index contributed by atoms with van der Waals surface area (Å²) in [6.07, 6.45) is 3.62. The van der Waals surface area contributed by atoms with E-state index in [0.29, 0.717) is 12.8 Å². The molecule has 0 radical (unpaired) electrons. The highest BCUT2D eigenvalue weighted by Gasteiger charge is 2.34. The van der Waals surface area contributed by atoms with Crippen LogP contribution in [0.2, 0.25) is 0 Å². The molecule has 1 aromatic rings. The predicted molar refractivity (Wildman–Crippen MR) is 55.3 cm³/mol. The van der Waals surface area contributed by atoms with Gasteiger partial charge in [-0.2, -0.15) is 4.39 Å². The van der Waals surface area contributed by atoms with Gasteiger partial charge in [-0.1, -0.05) is 0 Å². The molecule has 4 nitrogen and oxygen atoms in total. The lowest BCUT2D eigenvalue weighted by atomic mass is 9.80. The SMILES string of the molecule is O=C(NCC1(O)CCC1)c1cccnc1F. The molecule has 16 heavy (non-hydrogen) atoms. The van der Waals surface area contributed by atoms with Crippen molar-refractivity contribution in [2.45, 2.75) is 24.9 Å². The number of hydrogen-bond donors (Lipinski definition) is 2. The molecule has 86 valence electrons. The Morgan fingerprint density at radius 2 is 2.38 bits per heavy atom. The lowest BCUT2D eigenvalue weighted by Gasteiger charge is -2.36. The van der Waals surface area contributed by atoms with Crippen LogP contribution >= 0.6 is 0 Å². The minimum Gasteiger partial charge on any atom is -0.388 e. The Morgan fingerprint density at radius 1 is 1.62 bits per heavy atom. The Bertz CT molecular complexity index is 405. The van der Waals surface area contributed by atoms with Gasteiger partial charge in [0, 0.05) is 12.7 Å². The summed E-state index contributed by atoms with van der Waals surface area (Å²) in [6, 6.07) is 2.86. The van der Waals surface area contributed by atoms with Crippen LogP contribution in [-0.4, -0.2) is 28.1 Å². The van der Waals surface area contributed by atoms with Crippen LogP contribution in [0.25, 0.3) is 0 Å². The maximum atomic E-state index is 13.1. The number of nitrogens with zero attached hydrogens (tertiary/aromatic N) is 1. The third kappa shape index (κ3) is 2.19. The molecular weight excluding hydrogens is 211 g/mol. The molecule has 1 saturated carbocycles. The zero-order chi connectivity index (χ0) is 11.6. The maximum Gasteiger partial charge on any atom is 0.256 e. The fourth-order valence-corrected chi connectivity index (χ4v) is 1.66. The first-order valence-corrected chi connectivity index (χ1v) is 5.22. The number of aliphatic hydroxyl groups is 1. The maximum absolute atomic E-state index is 13.1. The number of nitrogens with one attached hydrogen (secondary N) is 1. The summed E-state index contributed by atoms with van der Waals surface area (Å²) >= 11 is 0. The zero-order valence-electron chi connectivity index (χ0n) is 8.74. The van der Waals surface area contributed by atoms with Crippen LogP contribution in [0.1, 0.15) is 29.6 Å². The molecule has 2 N–H and O–H groups in total. The summed E-state index contributed by atoms with van der Waals surface area (Å²) in [4.78, 5) is 14.9. The van der Waals surface area contributed by atoms with Crippen molar-refractivity contribution in [3.8, 4) is 0 Å². The molecule has 2 rings (SSSR count). The van der Waals surface area contributed by atoms with Crippen molar-refractivity contribution in [2.24, 2.45) is 0 Å². The van der Waals surface area contributed by atoms with Crippen LogP contribution in [0.3, 0.4) is 0 Å². The molecule has 5 heteroatoms. The highest BCUT2D eigenvalue weighted by Crippen LogP contribution is 2.30. The molecule has 0 aromatic carbocycles. The summed E-state index contributed by atoms with van der Waals surface area (Å²) in [5.74, 6) is -1.33. The number of aromatic nitrogens is 1. The van der Waals surface area contributed by atoms with Gasteiger partial charge < -0.3 is 10.4 Å². The molecule has 0 atom stereocenters. The van der Waals surface area contributed by atoms with E-state index in [4.69, 9.17) is 0 Å². The van der Waals surface area contributed by atoms with Gasteiger partial charge in [0.2, 0.25) is 5.95 Å². The zero-order valence-corrected chi connectivity index (χ0v) is 8.74. The van der Waals surface area contributed by atoms with Crippen molar-refractivity contribution in [3.63, 3.8) is 0 Å². The van der Waals surface area contributed by atoms with E-state index in [-0.39, 0.29) is 12.1 Å². The van der Waals surface area contributed by atoms with Gasteiger partial charge in [-0.25, -0.2) is 4.98 Å². The third-order valence-electron chi connectivity index (χ3n) is 2.87. The molecule has 0 spiro atoms. The molecule has 1 aliphatic carbocycles. The number of carbonyl (C=O) groups excluding carboxylic acids is 1. The molecule has 0 aliphatic heterocycles. The second-order valence-corrected chi connectivity index (χ2v) is 4.10. The normalized spacial score (nSPS) is 17.6. The molecule has 1 aromatic heterocycles. The predicted octanol–water partition coefficient (Wildman–Crippen LogP) is 0.865. The van der Waals surface area contributed by atoms with Crippen molar-refractivity contribution >= 4 is 5.91 Å². The lowest BCUT2D eigenvalue weighted by Crippen LogP contribution is -2.47. The summed E-state index contributed by atoms with van der Waals surface area (Å²) < 4.78 is 13.1. The van der Waals surface area contributed by atoms with Crippen molar-refractivity contribution < 1.29 is 14.3 Å². The third-order valence-corrected chi connectivity index (χ3v) is 2.87. The lowest BCUT2D eigenvalue weighted by molar-refractivity contribution is -0.0300. The number of amides is 1. The molecule has 1 amide bonds. The van der Waals surface area contributed by atoms with Crippen molar-refractivity contribution in [3.05, 3.63) is 29.8 Å². The second kappa shape index (κ2) is 4.17. The van der Waals surface area contributed by atoms with Gasteiger partial charge in [0.1, 0.15) is 0 Å². The standard InChI is InChI=1S/C11H13FN2O2/c12-9-8(3-1-6-13-9)10(15)14-7-11(16)4-2-5-11/h1,3,6,16H,2,4-5,7H2,(H,14,15). The van der Waals surface area contributed by atoms with Crippen LogP contribution in [0.15, 0.2) is 18.3 Å². The smallest absolute Gasteiger partial charge is 0.256 e. The Balaban J connectivity index is 1.96. The van der Waals surface area contributed by atoms with Gasteiger partial charge in [-0.05, 0) is 31.4 Å². The molecule has 0 saturated heterocycles. The Hall–Kier alpha value is -1.49.